The first-order valence-electron chi connectivity index (χ1n) is 7.14. The predicted octanol–water partition coefficient (Wildman–Crippen LogP) is 3.71. The van der Waals surface area contributed by atoms with Crippen LogP contribution in [-0.4, -0.2) is 11.8 Å². The number of rotatable bonds is 6. The van der Waals surface area contributed by atoms with E-state index >= 15 is 0 Å². The van der Waals surface area contributed by atoms with Gasteiger partial charge in [-0.05, 0) is 42.8 Å². The summed E-state index contributed by atoms with van der Waals surface area (Å²) in [5, 5.41) is 5.11. The number of carbonyl (C=O) groups is 2. The van der Waals surface area contributed by atoms with E-state index in [1.54, 1.807) is 12.1 Å². The average Bonchev–Trinajstić information content (AvgIpc) is 2.47. The first-order valence-corrected chi connectivity index (χ1v) is 7.14. The molecule has 0 aliphatic carbocycles. The van der Waals surface area contributed by atoms with Crippen molar-refractivity contribution in [3.05, 3.63) is 60.2 Å². The van der Waals surface area contributed by atoms with Crippen LogP contribution >= 0.6 is 0 Å². The van der Waals surface area contributed by atoms with Gasteiger partial charge >= 0.3 is 0 Å². The first-order chi connectivity index (χ1) is 11.0. The minimum absolute atomic E-state index is 0.132. The monoisotopic (exact) mass is 318 g/mol. The van der Waals surface area contributed by atoms with Gasteiger partial charge in [0.25, 0.3) is 0 Å². The normalized spacial score (nSPS) is 10.2. The van der Waals surface area contributed by atoms with Gasteiger partial charge in [-0.25, -0.2) is 8.78 Å². The van der Waals surface area contributed by atoms with Crippen LogP contribution in [0.15, 0.2) is 48.5 Å². The van der Waals surface area contributed by atoms with Crippen molar-refractivity contribution in [3.8, 4) is 0 Å². The Labute approximate surface area is 132 Å². The highest BCUT2D eigenvalue weighted by Gasteiger charge is 2.07. The maximum absolute atomic E-state index is 13.0. The molecule has 0 aliphatic rings. The fourth-order valence-corrected chi connectivity index (χ4v) is 1.99. The van der Waals surface area contributed by atoms with Crippen LogP contribution in [0.5, 0.6) is 0 Å². The highest BCUT2D eigenvalue weighted by molar-refractivity contribution is 5.92. The van der Waals surface area contributed by atoms with Crippen LogP contribution in [0.4, 0.5) is 20.2 Å². The van der Waals surface area contributed by atoms with Gasteiger partial charge in [0, 0.05) is 24.2 Å². The molecule has 0 atom stereocenters. The summed E-state index contributed by atoms with van der Waals surface area (Å²) in [6, 6.07) is 11.2. The van der Waals surface area contributed by atoms with Crippen molar-refractivity contribution >= 4 is 23.2 Å². The predicted molar refractivity (Wildman–Crippen MR) is 83.9 cm³/mol. The maximum Gasteiger partial charge on any atom is 0.224 e. The summed E-state index contributed by atoms with van der Waals surface area (Å²) in [5.74, 6) is -1.46. The molecule has 0 saturated heterocycles. The third-order valence-electron chi connectivity index (χ3n) is 3.02. The summed E-state index contributed by atoms with van der Waals surface area (Å²) in [4.78, 5) is 23.4. The van der Waals surface area contributed by atoms with E-state index in [1.807, 2.05) is 0 Å². The van der Waals surface area contributed by atoms with Crippen molar-refractivity contribution in [3.63, 3.8) is 0 Å². The van der Waals surface area contributed by atoms with Crippen LogP contribution in [0, 0.1) is 11.6 Å². The van der Waals surface area contributed by atoms with Gasteiger partial charge in [-0.3, -0.25) is 9.59 Å². The van der Waals surface area contributed by atoms with E-state index in [2.05, 4.69) is 10.6 Å². The number of carbonyl (C=O) groups excluding carboxylic acids is 2. The summed E-state index contributed by atoms with van der Waals surface area (Å²) in [6.07, 6.45) is 0.600. The lowest BCUT2D eigenvalue weighted by Gasteiger charge is -2.06. The molecule has 2 N–H and O–H groups in total. The number of hydrogen-bond donors (Lipinski definition) is 2. The van der Waals surface area contributed by atoms with Crippen molar-refractivity contribution in [2.75, 3.05) is 10.6 Å². The lowest BCUT2D eigenvalue weighted by Crippen LogP contribution is -2.15. The minimum atomic E-state index is -0.433. The van der Waals surface area contributed by atoms with Crippen LogP contribution in [0.3, 0.4) is 0 Å². The Morgan fingerprint density at radius 2 is 1.22 bits per heavy atom. The van der Waals surface area contributed by atoms with Gasteiger partial charge in [0.2, 0.25) is 11.8 Å². The summed E-state index contributed by atoms with van der Waals surface area (Å²) >= 11 is 0. The van der Waals surface area contributed by atoms with Gasteiger partial charge in [-0.1, -0.05) is 12.1 Å². The number of anilines is 2. The van der Waals surface area contributed by atoms with Crippen molar-refractivity contribution in [2.45, 2.75) is 19.3 Å². The largest absolute Gasteiger partial charge is 0.326 e. The van der Waals surface area contributed by atoms with E-state index in [-0.39, 0.29) is 24.7 Å². The lowest BCUT2D eigenvalue weighted by molar-refractivity contribution is -0.117. The van der Waals surface area contributed by atoms with Crippen molar-refractivity contribution in [1.82, 2.24) is 0 Å². The van der Waals surface area contributed by atoms with Crippen molar-refractivity contribution < 1.29 is 18.4 Å². The molecular weight excluding hydrogens is 302 g/mol. The molecule has 0 unspecified atom stereocenters. The second kappa shape index (κ2) is 8.03. The molecule has 2 aromatic carbocycles. The Morgan fingerprint density at radius 3 is 1.61 bits per heavy atom. The molecule has 2 amide bonds. The maximum atomic E-state index is 13.0. The SMILES string of the molecule is O=C(CCCC(=O)Nc1cccc(F)c1)Nc1cccc(F)c1. The number of benzene rings is 2. The number of amides is 2. The average molecular weight is 318 g/mol. The Balaban J connectivity index is 1.71. The molecule has 4 nitrogen and oxygen atoms in total. The van der Waals surface area contributed by atoms with E-state index in [0.29, 0.717) is 17.8 Å². The summed E-state index contributed by atoms with van der Waals surface area (Å²) in [7, 11) is 0. The molecule has 0 heterocycles. The third kappa shape index (κ3) is 5.86. The number of nitrogens with one attached hydrogen (secondary N) is 2. The fraction of sp³-hybridized carbons (Fsp3) is 0.176. The van der Waals surface area contributed by atoms with Crippen LogP contribution in [0.1, 0.15) is 19.3 Å². The lowest BCUT2D eigenvalue weighted by atomic mass is 10.2. The zero-order valence-corrected chi connectivity index (χ0v) is 12.3. The van der Waals surface area contributed by atoms with Gasteiger partial charge in [0.15, 0.2) is 0 Å². The molecule has 0 saturated carbocycles. The first kappa shape index (κ1) is 16.6. The minimum Gasteiger partial charge on any atom is -0.326 e. The van der Waals surface area contributed by atoms with Crippen LogP contribution < -0.4 is 10.6 Å². The van der Waals surface area contributed by atoms with E-state index in [1.165, 1.54) is 36.4 Å². The van der Waals surface area contributed by atoms with Crippen molar-refractivity contribution in [1.29, 1.82) is 0 Å². The fourth-order valence-electron chi connectivity index (χ4n) is 1.99. The van der Waals surface area contributed by atoms with Crippen LogP contribution in [0.25, 0.3) is 0 Å². The van der Waals surface area contributed by atoms with Gasteiger partial charge in [0.1, 0.15) is 11.6 Å². The van der Waals surface area contributed by atoms with E-state index < -0.39 is 11.6 Å². The molecular formula is C17H16F2N2O2. The second-order valence-corrected chi connectivity index (χ2v) is 4.97. The highest BCUT2D eigenvalue weighted by Crippen LogP contribution is 2.12. The molecule has 2 aromatic rings. The summed E-state index contributed by atoms with van der Waals surface area (Å²) in [5.41, 5.74) is 0.749. The van der Waals surface area contributed by atoms with Crippen molar-refractivity contribution in [2.24, 2.45) is 0 Å². The second-order valence-electron chi connectivity index (χ2n) is 4.97. The third-order valence-corrected chi connectivity index (χ3v) is 3.02. The van der Waals surface area contributed by atoms with Gasteiger partial charge in [-0.2, -0.15) is 0 Å². The molecule has 120 valence electrons. The Bertz CT molecular complexity index is 645. The zero-order chi connectivity index (χ0) is 16.7. The molecule has 0 aliphatic heterocycles. The van der Waals surface area contributed by atoms with Gasteiger partial charge < -0.3 is 10.6 Å². The summed E-state index contributed by atoms with van der Waals surface area (Å²) in [6.45, 7) is 0. The molecule has 6 heteroatoms. The Hall–Kier alpha value is -2.76. The molecule has 0 spiro atoms. The quantitative estimate of drug-likeness (QED) is 0.853. The van der Waals surface area contributed by atoms with E-state index in [9.17, 15) is 18.4 Å². The smallest absolute Gasteiger partial charge is 0.224 e. The van der Waals surface area contributed by atoms with Crippen LogP contribution in [0.2, 0.25) is 0 Å². The molecule has 0 aromatic heterocycles. The standard InChI is InChI=1S/C17H16F2N2O2/c18-12-4-1-6-14(10-12)20-16(22)8-3-9-17(23)21-15-7-2-5-13(19)11-15/h1-2,4-7,10-11H,3,8-9H2,(H,20,22)(H,21,23). The van der Waals surface area contributed by atoms with E-state index in [0.717, 1.165) is 0 Å². The van der Waals surface area contributed by atoms with Gasteiger partial charge in [-0.15, -0.1) is 0 Å². The molecule has 2 rings (SSSR count). The molecule has 0 fully saturated rings. The number of halogens is 2. The number of hydrogen-bond acceptors (Lipinski definition) is 2. The van der Waals surface area contributed by atoms with Crippen LogP contribution in [-0.2, 0) is 9.59 Å². The zero-order valence-electron chi connectivity index (χ0n) is 12.3. The van der Waals surface area contributed by atoms with Gasteiger partial charge in [0.05, 0.1) is 0 Å². The van der Waals surface area contributed by atoms with E-state index in [4.69, 9.17) is 0 Å². The Morgan fingerprint density at radius 1 is 0.783 bits per heavy atom. The molecule has 0 bridgehead atoms. The molecule has 23 heavy (non-hydrogen) atoms. The topological polar surface area (TPSA) is 58.2 Å². The summed E-state index contributed by atoms with van der Waals surface area (Å²) < 4.78 is 26.0. The Kier molecular flexibility index (Phi) is 5.80. The highest BCUT2D eigenvalue weighted by atomic mass is 19.1. The molecule has 0 radical (unpaired) electrons.